The van der Waals surface area contributed by atoms with Crippen molar-refractivity contribution >= 4 is 17.9 Å². The molecule has 33 heavy (non-hydrogen) atoms. The van der Waals surface area contributed by atoms with Gasteiger partial charge in [-0.25, -0.2) is 0 Å². The highest BCUT2D eigenvalue weighted by Gasteiger charge is 2.54. The summed E-state index contributed by atoms with van der Waals surface area (Å²) in [6, 6.07) is 0. The zero-order chi connectivity index (χ0) is 24.6. The fourth-order valence-corrected chi connectivity index (χ4v) is 6.23. The molecular formula is C26H38O7. The van der Waals surface area contributed by atoms with Crippen LogP contribution in [0, 0.1) is 22.7 Å². The monoisotopic (exact) mass is 462 g/mol. The maximum atomic E-state index is 11.8. The van der Waals surface area contributed by atoms with Crippen molar-refractivity contribution in [3.63, 3.8) is 0 Å². The minimum absolute atomic E-state index is 0.0234. The maximum Gasteiger partial charge on any atom is 0.305 e. The summed E-state index contributed by atoms with van der Waals surface area (Å²) in [5.41, 5.74) is 1.93. The van der Waals surface area contributed by atoms with Gasteiger partial charge in [-0.2, -0.15) is 0 Å². The minimum Gasteiger partial charge on any atom is -0.451 e. The second kappa shape index (κ2) is 9.61. The van der Waals surface area contributed by atoms with Gasteiger partial charge in [0.25, 0.3) is 0 Å². The number of fused-ring (bicyclic) bond motifs is 1. The Morgan fingerprint density at radius 1 is 1.06 bits per heavy atom. The third-order valence-corrected chi connectivity index (χ3v) is 8.30. The van der Waals surface area contributed by atoms with Crippen LogP contribution in [0.2, 0.25) is 0 Å². The maximum absolute atomic E-state index is 11.8. The quantitative estimate of drug-likeness (QED) is 0.328. The lowest BCUT2D eigenvalue weighted by Gasteiger charge is -2.58. The number of rotatable bonds is 5. The van der Waals surface area contributed by atoms with Gasteiger partial charge in [-0.1, -0.05) is 39.0 Å². The van der Waals surface area contributed by atoms with Gasteiger partial charge in [0.05, 0.1) is 0 Å². The van der Waals surface area contributed by atoms with Crippen molar-refractivity contribution in [1.29, 1.82) is 0 Å². The molecule has 3 aliphatic rings. The van der Waals surface area contributed by atoms with Gasteiger partial charge in [-0.15, -0.1) is 0 Å². The molecular weight excluding hydrogens is 424 g/mol. The molecule has 7 unspecified atom stereocenters. The zero-order valence-corrected chi connectivity index (χ0v) is 20.8. The minimum atomic E-state index is -1.17. The Balaban J connectivity index is 1.96. The van der Waals surface area contributed by atoms with Crippen LogP contribution in [-0.2, 0) is 33.3 Å². The molecule has 0 spiro atoms. The molecule has 0 amide bonds. The Morgan fingerprint density at radius 2 is 1.70 bits per heavy atom. The number of hydrogen-bond acceptors (Lipinski definition) is 7. The lowest BCUT2D eigenvalue weighted by Crippen LogP contribution is -2.50. The Bertz CT molecular complexity index is 846. The average Bonchev–Trinajstić information content (AvgIpc) is 2.99. The van der Waals surface area contributed by atoms with Crippen LogP contribution in [0.1, 0.15) is 80.1 Å². The molecule has 0 aromatic rings. The van der Waals surface area contributed by atoms with Crippen LogP contribution >= 0.6 is 0 Å². The summed E-state index contributed by atoms with van der Waals surface area (Å²) in [5, 5.41) is 0. The summed E-state index contributed by atoms with van der Waals surface area (Å²) in [4.78, 5) is 35.2. The van der Waals surface area contributed by atoms with E-state index in [9.17, 15) is 14.4 Å². The van der Waals surface area contributed by atoms with E-state index in [4.69, 9.17) is 18.9 Å². The number of allylic oxidation sites excluding steroid dienone is 2. The molecule has 1 heterocycles. The van der Waals surface area contributed by atoms with E-state index in [0.29, 0.717) is 23.8 Å². The van der Waals surface area contributed by atoms with Crippen molar-refractivity contribution < 1.29 is 33.3 Å². The molecule has 0 aromatic carbocycles. The second-order valence-corrected chi connectivity index (χ2v) is 10.4. The van der Waals surface area contributed by atoms with Gasteiger partial charge in [-0.05, 0) is 61.2 Å². The Kier molecular flexibility index (Phi) is 7.42. The summed E-state index contributed by atoms with van der Waals surface area (Å²) in [6.07, 6.45) is 5.09. The first-order valence-corrected chi connectivity index (χ1v) is 11.9. The van der Waals surface area contributed by atoms with Crippen molar-refractivity contribution in [2.45, 2.75) is 98.8 Å². The average molecular weight is 463 g/mol. The number of esters is 3. The van der Waals surface area contributed by atoms with Crippen molar-refractivity contribution in [2.75, 3.05) is 0 Å². The third kappa shape index (κ3) is 5.03. The van der Waals surface area contributed by atoms with E-state index in [0.717, 1.165) is 32.1 Å². The van der Waals surface area contributed by atoms with Crippen LogP contribution in [0.4, 0.5) is 0 Å². The summed E-state index contributed by atoms with van der Waals surface area (Å²) >= 11 is 0. The lowest BCUT2D eigenvalue weighted by atomic mass is 9.46. The number of ether oxygens (including phenoxy) is 4. The molecule has 1 aliphatic heterocycles. The van der Waals surface area contributed by atoms with Gasteiger partial charge in [0, 0.05) is 26.3 Å². The topological polar surface area (TPSA) is 88.1 Å². The van der Waals surface area contributed by atoms with Crippen LogP contribution < -0.4 is 0 Å². The van der Waals surface area contributed by atoms with E-state index in [1.807, 2.05) is 6.08 Å². The second-order valence-electron chi connectivity index (χ2n) is 10.4. The van der Waals surface area contributed by atoms with Crippen LogP contribution in [0.25, 0.3) is 0 Å². The first-order valence-electron chi connectivity index (χ1n) is 11.9. The highest BCUT2D eigenvalue weighted by atomic mass is 16.8. The molecule has 1 saturated heterocycles. The van der Waals surface area contributed by atoms with Crippen molar-refractivity contribution in [1.82, 2.24) is 0 Å². The smallest absolute Gasteiger partial charge is 0.305 e. The first-order chi connectivity index (χ1) is 15.4. The molecule has 3 fully saturated rings. The van der Waals surface area contributed by atoms with Gasteiger partial charge in [0.15, 0.2) is 6.10 Å². The summed E-state index contributed by atoms with van der Waals surface area (Å²) < 4.78 is 21.8. The molecule has 0 aromatic heterocycles. The lowest BCUT2D eigenvalue weighted by molar-refractivity contribution is -0.218. The molecule has 3 rings (SSSR count). The van der Waals surface area contributed by atoms with Crippen LogP contribution in [0.5, 0.6) is 0 Å². The SMILES string of the molecule is C=C1CCCC2C1(C)CCC(C)C2(C)CC=C1C(OC(C)=O)OC(OC(C)=O)C1OC(C)=O. The Morgan fingerprint density at radius 3 is 2.30 bits per heavy atom. The van der Waals surface area contributed by atoms with Crippen LogP contribution in [0.15, 0.2) is 23.8 Å². The Hall–Kier alpha value is -2.15. The molecule has 2 saturated carbocycles. The molecule has 7 heteroatoms. The molecule has 7 atom stereocenters. The summed E-state index contributed by atoms with van der Waals surface area (Å²) in [6.45, 7) is 15.2. The zero-order valence-electron chi connectivity index (χ0n) is 20.8. The predicted molar refractivity (Wildman–Crippen MR) is 122 cm³/mol. The van der Waals surface area contributed by atoms with E-state index in [2.05, 4.69) is 27.4 Å². The first kappa shape index (κ1) is 25.5. The number of carbonyl (C=O) groups is 3. The third-order valence-electron chi connectivity index (χ3n) is 8.30. The van der Waals surface area contributed by atoms with Crippen LogP contribution in [-0.4, -0.2) is 36.6 Å². The largest absolute Gasteiger partial charge is 0.451 e. The van der Waals surface area contributed by atoms with E-state index in [1.165, 1.54) is 26.3 Å². The van der Waals surface area contributed by atoms with E-state index in [1.54, 1.807) is 0 Å². The van der Waals surface area contributed by atoms with E-state index in [-0.39, 0.29) is 10.8 Å². The van der Waals surface area contributed by atoms with Crippen molar-refractivity contribution in [3.8, 4) is 0 Å². The summed E-state index contributed by atoms with van der Waals surface area (Å²) in [5.74, 6) is -0.709. The van der Waals surface area contributed by atoms with Crippen molar-refractivity contribution in [2.24, 2.45) is 22.7 Å². The molecule has 184 valence electrons. The standard InChI is InChI=1S/C26H38O7/c1-15-9-8-10-21-25(15,6)13-11-16(2)26(21,7)14-12-20-22(30-17(3)27)24(32-19(5)29)33-23(20)31-18(4)28/h12,16,21-24H,1,8-11,13-14H2,2-7H3. The highest BCUT2D eigenvalue weighted by molar-refractivity contribution is 5.68. The summed E-state index contributed by atoms with van der Waals surface area (Å²) in [7, 11) is 0. The van der Waals surface area contributed by atoms with Crippen LogP contribution in [0.3, 0.4) is 0 Å². The molecule has 0 bridgehead atoms. The Labute approximate surface area is 196 Å². The van der Waals surface area contributed by atoms with E-state index < -0.39 is 36.6 Å². The van der Waals surface area contributed by atoms with Gasteiger partial charge in [-0.3, -0.25) is 19.1 Å². The van der Waals surface area contributed by atoms with Gasteiger partial charge >= 0.3 is 17.9 Å². The predicted octanol–water partition coefficient (Wildman–Crippen LogP) is 4.84. The van der Waals surface area contributed by atoms with Gasteiger partial charge < -0.3 is 14.2 Å². The molecule has 0 N–H and O–H groups in total. The van der Waals surface area contributed by atoms with E-state index >= 15 is 0 Å². The van der Waals surface area contributed by atoms with Gasteiger partial charge in [0.1, 0.15) is 0 Å². The van der Waals surface area contributed by atoms with Crippen molar-refractivity contribution in [3.05, 3.63) is 23.8 Å². The number of carbonyl (C=O) groups excluding carboxylic acids is 3. The fourth-order valence-electron chi connectivity index (χ4n) is 6.23. The van der Waals surface area contributed by atoms with Gasteiger partial charge in [0.2, 0.25) is 12.6 Å². The fraction of sp³-hybridized carbons (Fsp3) is 0.731. The normalized spacial score (nSPS) is 39.6. The highest BCUT2D eigenvalue weighted by Crippen LogP contribution is 2.62. The molecule has 7 nitrogen and oxygen atoms in total. The molecule has 0 radical (unpaired) electrons. The number of hydrogen-bond donors (Lipinski definition) is 0. The molecule has 2 aliphatic carbocycles.